The number of pyridine rings is 1. The molecule has 0 aliphatic heterocycles. The first-order chi connectivity index (χ1) is 8.67. The zero-order valence-electron chi connectivity index (χ0n) is 10.5. The van der Waals surface area contributed by atoms with Gasteiger partial charge in [0.25, 0.3) is 0 Å². The van der Waals surface area contributed by atoms with Gasteiger partial charge in [-0.1, -0.05) is 6.07 Å². The van der Waals surface area contributed by atoms with Crippen molar-refractivity contribution < 1.29 is 4.79 Å². The Morgan fingerprint density at radius 1 is 1.33 bits per heavy atom. The summed E-state index contributed by atoms with van der Waals surface area (Å²) < 4.78 is 2.84. The molecule has 0 radical (unpaired) electrons. The zero-order valence-corrected chi connectivity index (χ0v) is 12.1. The van der Waals surface area contributed by atoms with E-state index in [-0.39, 0.29) is 5.78 Å². The third-order valence-corrected chi connectivity index (χ3v) is 4.63. The van der Waals surface area contributed by atoms with Gasteiger partial charge in [0.1, 0.15) is 11.3 Å². The second-order valence-corrected chi connectivity index (χ2v) is 5.67. The van der Waals surface area contributed by atoms with Crippen LogP contribution in [0.25, 0.3) is 5.65 Å². The molecule has 0 amide bonds. The first-order valence-electron chi connectivity index (χ1n) is 5.45. The van der Waals surface area contributed by atoms with Crippen molar-refractivity contribution in [3.8, 4) is 0 Å². The number of allylic oxidation sites excluding steroid dienone is 1. The molecule has 5 heteroatoms. The first kappa shape index (κ1) is 13.2. The average Bonchev–Trinajstić information content (AvgIpc) is 2.71. The third-order valence-electron chi connectivity index (χ3n) is 2.59. The van der Waals surface area contributed by atoms with Crippen LogP contribution in [0.2, 0.25) is 0 Å². The quantitative estimate of drug-likeness (QED) is 0.634. The molecular formula is C13H14N2OS2. The van der Waals surface area contributed by atoms with Gasteiger partial charge in [0.05, 0.1) is 5.69 Å². The zero-order chi connectivity index (χ0) is 13.1. The van der Waals surface area contributed by atoms with E-state index in [9.17, 15) is 4.79 Å². The van der Waals surface area contributed by atoms with Gasteiger partial charge in [-0.25, -0.2) is 4.98 Å². The van der Waals surface area contributed by atoms with Gasteiger partial charge in [0.15, 0.2) is 0 Å². The molecule has 0 N–H and O–H groups in total. The van der Waals surface area contributed by atoms with Crippen LogP contribution in [-0.4, -0.2) is 27.7 Å². The highest BCUT2D eigenvalue weighted by molar-refractivity contribution is 8.21. The Balaban J connectivity index is 2.51. The smallest absolute Gasteiger partial charge is 0.206 e. The van der Waals surface area contributed by atoms with Crippen LogP contribution >= 0.6 is 23.5 Å². The Kier molecular flexibility index (Phi) is 4.14. The lowest BCUT2D eigenvalue weighted by Crippen LogP contribution is -2.02. The molecule has 3 nitrogen and oxygen atoms in total. The van der Waals surface area contributed by atoms with E-state index >= 15 is 0 Å². The lowest BCUT2D eigenvalue weighted by atomic mass is 10.2. The molecule has 2 rings (SSSR count). The number of carbonyl (C=O) groups is 1. The van der Waals surface area contributed by atoms with Crippen LogP contribution in [0.3, 0.4) is 0 Å². The van der Waals surface area contributed by atoms with Crippen LogP contribution in [0.1, 0.15) is 16.2 Å². The van der Waals surface area contributed by atoms with Crippen LogP contribution < -0.4 is 0 Å². The number of hydrogen-bond acceptors (Lipinski definition) is 4. The summed E-state index contributed by atoms with van der Waals surface area (Å²) in [6.45, 7) is 1.87. The van der Waals surface area contributed by atoms with E-state index in [1.165, 1.54) is 0 Å². The van der Waals surface area contributed by atoms with E-state index in [1.54, 1.807) is 29.6 Å². The van der Waals surface area contributed by atoms with Gasteiger partial charge in [-0.2, -0.15) is 0 Å². The molecule has 0 saturated heterocycles. The molecule has 2 aromatic rings. The van der Waals surface area contributed by atoms with Gasteiger partial charge in [-0.3, -0.25) is 9.20 Å². The number of aromatic nitrogens is 2. The van der Waals surface area contributed by atoms with Gasteiger partial charge in [0, 0.05) is 16.5 Å². The Morgan fingerprint density at radius 3 is 2.72 bits per heavy atom. The lowest BCUT2D eigenvalue weighted by Gasteiger charge is -2.01. The number of fused-ring (bicyclic) bond motifs is 1. The van der Waals surface area contributed by atoms with Crippen molar-refractivity contribution in [3.63, 3.8) is 0 Å². The minimum Gasteiger partial charge on any atom is -0.297 e. The summed E-state index contributed by atoms with van der Waals surface area (Å²) in [5, 5.41) is 0. The maximum Gasteiger partial charge on any atom is 0.206 e. The van der Waals surface area contributed by atoms with E-state index < -0.39 is 0 Å². The van der Waals surface area contributed by atoms with Crippen molar-refractivity contribution in [3.05, 3.63) is 46.1 Å². The highest BCUT2D eigenvalue weighted by Crippen LogP contribution is 2.24. The molecular weight excluding hydrogens is 264 g/mol. The fourth-order valence-corrected chi connectivity index (χ4v) is 2.90. The Morgan fingerprint density at radius 2 is 2.06 bits per heavy atom. The summed E-state index contributed by atoms with van der Waals surface area (Å²) in [6, 6.07) is 5.72. The van der Waals surface area contributed by atoms with Crippen LogP contribution in [0, 0.1) is 6.92 Å². The molecule has 2 heterocycles. The van der Waals surface area contributed by atoms with Gasteiger partial charge in [-0.15, -0.1) is 23.5 Å². The maximum atomic E-state index is 12.3. The summed E-state index contributed by atoms with van der Waals surface area (Å²) in [5.74, 6) is 0.00454. The van der Waals surface area contributed by atoms with Crippen molar-refractivity contribution in [2.45, 2.75) is 6.92 Å². The Hall–Kier alpha value is -1.20. The Bertz CT molecular complexity index is 610. The van der Waals surface area contributed by atoms with Crippen LogP contribution in [0.5, 0.6) is 0 Å². The second kappa shape index (κ2) is 5.63. The molecule has 0 spiro atoms. The summed E-state index contributed by atoms with van der Waals surface area (Å²) in [6.07, 6.45) is 7.49. The predicted octanol–water partition coefficient (Wildman–Crippen LogP) is 3.39. The molecule has 0 aliphatic carbocycles. The molecule has 2 aromatic heterocycles. The first-order valence-corrected chi connectivity index (χ1v) is 7.90. The number of carbonyl (C=O) groups excluding carboxylic acids is 1. The van der Waals surface area contributed by atoms with Crippen LogP contribution in [0.4, 0.5) is 0 Å². The topological polar surface area (TPSA) is 34.4 Å². The van der Waals surface area contributed by atoms with E-state index in [2.05, 4.69) is 4.98 Å². The SMILES string of the molecule is CSC(=CC(=O)c1c(C)nc2ccccn12)SC. The number of hydrogen-bond donors (Lipinski definition) is 0. The summed E-state index contributed by atoms with van der Waals surface area (Å²) in [5.41, 5.74) is 2.22. The highest BCUT2D eigenvalue weighted by Gasteiger charge is 2.14. The molecule has 0 bridgehead atoms. The fourth-order valence-electron chi connectivity index (χ4n) is 1.79. The minimum absolute atomic E-state index is 0.00454. The van der Waals surface area contributed by atoms with E-state index in [1.807, 2.05) is 48.2 Å². The molecule has 0 aliphatic rings. The normalized spacial score (nSPS) is 10.6. The maximum absolute atomic E-state index is 12.3. The summed E-state index contributed by atoms with van der Waals surface area (Å²) in [4.78, 5) is 16.7. The summed E-state index contributed by atoms with van der Waals surface area (Å²) >= 11 is 3.16. The molecule has 18 heavy (non-hydrogen) atoms. The largest absolute Gasteiger partial charge is 0.297 e. The number of nitrogens with zero attached hydrogens (tertiary/aromatic N) is 2. The van der Waals surface area contributed by atoms with Gasteiger partial charge in [0.2, 0.25) is 5.78 Å². The van der Waals surface area contributed by atoms with Crippen molar-refractivity contribution in [2.24, 2.45) is 0 Å². The molecule has 0 unspecified atom stereocenters. The monoisotopic (exact) mass is 278 g/mol. The second-order valence-electron chi connectivity index (χ2n) is 3.71. The van der Waals surface area contributed by atoms with E-state index in [0.717, 1.165) is 15.6 Å². The number of thioether (sulfide) groups is 2. The lowest BCUT2D eigenvalue weighted by molar-refractivity contribution is 0.104. The van der Waals surface area contributed by atoms with Crippen LogP contribution in [0.15, 0.2) is 34.7 Å². The molecule has 94 valence electrons. The van der Waals surface area contributed by atoms with Gasteiger partial charge in [-0.05, 0) is 31.6 Å². The summed E-state index contributed by atoms with van der Waals surface area (Å²) in [7, 11) is 0. The van der Waals surface area contributed by atoms with Crippen molar-refractivity contribution >= 4 is 35.0 Å². The van der Waals surface area contributed by atoms with E-state index in [0.29, 0.717) is 5.69 Å². The number of aryl methyl sites for hydroxylation is 1. The highest BCUT2D eigenvalue weighted by atomic mass is 32.2. The van der Waals surface area contributed by atoms with Gasteiger partial charge >= 0.3 is 0 Å². The molecule has 0 saturated carbocycles. The molecule has 0 atom stereocenters. The predicted molar refractivity (Wildman–Crippen MR) is 79.4 cm³/mol. The standard InChI is InChI=1S/C13H14N2OS2/c1-9-13(10(16)8-12(17-2)18-3)15-7-5-4-6-11(15)14-9/h4-8H,1-3H3. The van der Waals surface area contributed by atoms with Crippen LogP contribution in [-0.2, 0) is 0 Å². The molecule has 0 fully saturated rings. The van der Waals surface area contributed by atoms with E-state index in [4.69, 9.17) is 0 Å². The number of rotatable bonds is 4. The minimum atomic E-state index is 0.00454. The number of ketones is 1. The third kappa shape index (κ3) is 2.47. The van der Waals surface area contributed by atoms with Crippen molar-refractivity contribution in [1.82, 2.24) is 9.38 Å². The van der Waals surface area contributed by atoms with Gasteiger partial charge < -0.3 is 0 Å². The van der Waals surface area contributed by atoms with Crippen molar-refractivity contribution in [1.29, 1.82) is 0 Å². The average molecular weight is 278 g/mol. The van der Waals surface area contributed by atoms with Crippen molar-refractivity contribution in [2.75, 3.05) is 12.5 Å². The fraction of sp³-hybridized carbons (Fsp3) is 0.231. The number of imidazole rings is 1. The Labute approximate surface area is 115 Å². The molecule has 0 aromatic carbocycles.